The summed E-state index contributed by atoms with van der Waals surface area (Å²) in [6, 6.07) is 9.87. The van der Waals surface area contributed by atoms with Gasteiger partial charge in [-0.1, -0.05) is 11.2 Å². The maximum Gasteiger partial charge on any atom is 0.265 e. The van der Waals surface area contributed by atoms with Gasteiger partial charge in [0.1, 0.15) is 22.9 Å². The highest BCUT2D eigenvalue weighted by atomic mass is 19.1. The summed E-state index contributed by atoms with van der Waals surface area (Å²) >= 11 is 0. The lowest BCUT2D eigenvalue weighted by Crippen LogP contribution is -1.83. The van der Waals surface area contributed by atoms with Gasteiger partial charge in [0, 0.05) is 5.56 Å². The fraction of sp³-hybridized carbons (Fsp3) is 0. The van der Waals surface area contributed by atoms with Crippen LogP contribution < -0.4 is 0 Å². The molecule has 0 aliphatic heterocycles. The molecule has 100 valence electrons. The summed E-state index contributed by atoms with van der Waals surface area (Å²) in [5.74, 6) is -0.475. The minimum Gasteiger partial charge on any atom is -0.507 e. The van der Waals surface area contributed by atoms with Gasteiger partial charge < -0.3 is 14.7 Å². The predicted octanol–water partition coefficient (Wildman–Crippen LogP) is 2.95. The van der Waals surface area contributed by atoms with Crippen LogP contribution in [0.4, 0.5) is 4.39 Å². The Kier molecular flexibility index (Phi) is 2.83. The third-order valence-corrected chi connectivity index (χ3v) is 2.76. The molecule has 0 aliphatic rings. The molecule has 6 heteroatoms. The van der Waals surface area contributed by atoms with Gasteiger partial charge in [-0.3, -0.25) is 0 Å². The Hall–Kier alpha value is -2.89. The van der Waals surface area contributed by atoms with Crippen molar-refractivity contribution in [3.63, 3.8) is 0 Å². The second-order valence-corrected chi connectivity index (χ2v) is 4.10. The largest absolute Gasteiger partial charge is 0.507 e. The van der Waals surface area contributed by atoms with Gasteiger partial charge in [0.05, 0.1) is 0 Å². The van der Waals surface area contributed by atoms with Crippen LogP contribution in [0.1, 0.15) is 0 Å². The van der Waals surface area contributed by atoms with Gasteiger partial charge in [0.15, 0.2) is 0 Å². The van der Waals surface area contributed by atoms with E-state index in [4.69, 9.17) is 4.52 Å². The zero-order valence-electron chi connectivity index (χ0n) is 10.1. The number of halogens is 1. The van der Waals surface area contributed by atoms with Crippen LogP contribution in [0, 0.1) is 5.82 Å². The van der Waals surface area contributed by atoms with Crippen LogP contribution in [0.15, 0.2) is 47.0 Å². The minimum atomic E-state index is -0.365. The summed E-state index contributed by atoms with van der Waals surface area (Å²) in [6.07, 6.45) is 0. The molecule has 0 saturated carbocycles. The molecule has 3 rings (SSSR count). The van der Waals surface area contributed by atoms with E-state index < -0.39 is 0 Å². The lowest BCUT2D eigenvalue weighted by atomic mass is 10.1. The smallest absolute Gasteiger partial charge is 0.265 e. The van der Waals surface area contributed by atoms with Crippen LogP contribution >= 0.6 is 0 Å². The molecule has 1 heterocycles. The van der Waals surface area contributed by atoms with Crippen molar-refractivity contribution in [1.29, 1.82) is 0 Å². The third kappa shape index (κ3) is 2.07. The van der Waals surface area contributed by atoms with Crippen molar-refractivity contribution in [3.05, 3.63) is 48.3 Å². The quantitative estimate of drug-likeness (QED) is 0.749. The molecule has 0 radical (unpaired) electrons. The summed E-state index contributed by atoms with van der Waals surface area (Å²) in [5.41, 5.74) is 0.629. The summed E-state index contributed by atoms with van der Waals surface area (Å²) in [6.45, 7) is 0. The summed E-state index contributed by atoms with van der Waals surface area (Å²) < 4.78 is 17.9. The first kappa shape index (κ1) is 12.2. The number of hydrogen-bond acceptors (Lipinski definition) is 5. The van der Waals surface area contributed by atoms with Gasteiger partial charge in [-0.25, -0.2) is 4.39 Å². The van der Waals surface area contributed by atoms with Crippen molar-refractivity contribution in [1.82, 2.24) is 10.1 Å². The molecule has 0 spiro atoms. The van der Waals surface area contributed by atoms with E-state index in [9.17, 15) is 14.6 Å². The van der Waals surface area contributed by atoms with E-state index in [2.05, 4.69) is 10.1 Å². The van der Waals surface area contributed by atoms with Crippen LogP contribution in [0.3, 0.4) is 0 Å². The Labute approximate surface area is 112 Å². The molecular formula is C14H9FN2O3. The Morgan fingerprint density at radius 1 is 0.950 bits per heavy atom. The van der Waals surface area contributed by atoms with Crippen molar-refractivity contribution < 1.29 is 19.1 Å². The second kappa shape index (κ2) is 4.65. The Morgan fingerprint density at radius 3 is 2.25 bits per heavy atom. The van der Waals surface area contributed by atoms with Crippen LogP contribution in [0.5, 0.6) is 11.5 Å². The van der Waals surface area contributed by atoms with Crippen LogP contribution in [0.2, 0.25) is 0 Å². The molecule has 0 bridgehead atoms. The molecule has 3 aromatic rings. The summed E-state index contributed by atoms with van der Waals surface area (Å²) in [4.78, 5) is 4.08. The molecule has 0 amide bonds. The number of phenolic OH excluding ortho intramolecular Hbond substituents is 2. The third-order valence-electron chi connectivity index (χ3n) is 2.76. The highest BCUT2D eigenvalue weighted by Gasteiger charge is 2.17. The minimum absolute atomic E-state index is 0.0140. The number of benzene rings is 2. The van der Waals surface area contributed by atoms with Gasteiger partial charge in [0.2, 0.25) is 5.82 Å². The van der Waals surface area contributed by atoms with Crippen molar-refractivity contribution in [2.45, 2.75) is 0 Å². The van der Waals surface area contributed by atoms with Gasteiger partial charge in [-0.15, -0.1) is 0 Å². The van der Waals surface area contributed by atoms with Crippen LogP contribution in [0.25, 0.3) is 22.8 Å². The van der Waals surface area contributed by atoms with E-state index in [1.54, 1.807) is 0 Å². The number of phenols is 2. The van der Waals surface area contributed by atoms with E-state index in [0.29, 0.717) is 5.56 Å². The lowest BCUT2D eigenvalue weighted by Gasteiger charge is -2.00. The highest BCUT2D eigenvalue weighted by molar-refractivity contribution is 5.71. The zero-order chi connectivity index (χ0) is 14.1. The maximum absolute atomic E-state index is 12.8. The molecular weight excluding hydrogens is 263 g/mol. The highest BCUT2D eigenvalue weighted by Crippen LogP contribution is 2.36. The first-order valence-electron chi connectivity index (χ1n) is 5.76. The number of hydrogen-bond donors (Lipinski definition) is 2. The topological polar surface area (TPSA) is 79.4 Å². The average Bonchev–Trinajstić information content (AvgIpc) is 2.89. The number of nitrogens with zero attached hydrogens (tertiary/aromatic N) is 2. The average molecular weight is 272 g/mol. The Morgan fingerprint density at radius 2 is 1.60 bits per heavy atom. The molecule has 0 fully saturated rings. The Balaban J connectivity index is 2.04. The van der Waals surface area contributed by atoms with Crippen LogP contribution in [-0.4, -0.2) is 20.4 Å². The van der Waals surface area contributed by atoms with Crippen molar-refractivity contribution in [2.75, 3.05) is 0 Å². The number of aromatic nitrogens is 2. The van der Waals surface area contributed by atoms with Gasteiger partial charge >= 0.3 is 0 Å². The fourth-order valence-electron chi connectivity index (χ4n) is 1.79. The van der Waals surface area contributed by atoms with E-state index in [1.807, 2.05) is 0 Å². The maximum atomic E-state index is 12.8. The predicted molar refractivity (Wildman–Crippen MR) is 68.5 cm³/mol. The second-order valence-electron chi connectivity index (χ2n) is 4.10. The monoisotopic (exact) mass is 272 g/mol. The van der Waals surface area contributed by atoms with E-state index in [-0.39, 0.29) is 34.6 Å². The molecule has 20 heavy (non-hydrogen) atoms. The van der Waals surface area contributed by atoms with Gasteiger partial charge in [-0.2, -0.15) is 4.98 Å². The molecule has 2 N–H and O–H groups in total. The molecule has 5 nitrogen and oxygen atoms in total. The molecule has 0 atom stereocenters. The van der Waals surface area contributed by atoms with Crippen molar-refractivity contribution in [3.8, 4) is 34.3 Å². The van der Waals surface area contributed by atoms with E-state index in [0.717, 1.165) is 0 Å². The van der Waals surface area contributed by atoms with Crippen LogP contribution in [-0.2, 0) is 0 Å². The summed E-state index contributed by atoms with van der Waals surface area (Å²) in [5, 5.41) is 23.2. The Bertz CT molecular complexity index is 733. The first-order valence-corrected chi connectivity index (χ1v) is 5.76. The molecule has 2 aromatic carbocycles. The SMILES string of the molecule is Oc1cccc(O)c1-c1nc(-c2ccc(F)cc2)no1. The fourth-order valence-corrected chi connectivity index (χ4v) is 1.79. The number of aromatic hydroxyl groups is 2. The molecule has 0 aliphatic carbocycles. The van der Waals surface area contributed by atoms with Crippen molar-refractivity contribution in [2.24, 2.45) is 0 Å². The number of rotatable bonds is 2. The molecule has 1 aromatic heterocycles. The van der Waals surface area contributed by atoms with Gasteiger partial charge in [0.25, 0.3) is 5.89 Å². The summed E-state index contributed by atoms with van der Waals surface area (Å²) in [7, 11) is 0. The standard InChI is InChI=1S/C14H9FN2O3/c15-9-6-4-8(5-7-9)13-16-14(20-17-13)12-10(18)2-1-3-11(12)19/h1-7,18-19H. The first-order chi connectivity index (χ1) is 9.65. The molecule has 0 unspecified atom stereocenters. The lowest BCUT2D eigenvalue weighted by molar-refractivity contribution is 0.416. The van der Waals surface area contributed by atoms with Crippen molar-refractivity contribution >= 4 is 0 Å². The molecule has 0 saturated heterocycles. The van der Waals surface area contributed by atoms with E-state index >= 15 is 0 Å². The van der Waals surface area contributed by atoms with E-state index in [1.165, 1.54) is 42.5 Å². The normalized spacial score (nSPS) is 10.7. The van der Waals surface area contributed by atoms with Gasteiger partial charge in [-0.05, 0) is 36.4 Å². The zero-order valence-corrected chi connectivity index (χ0v) is 10.1.